The summed E-state index contributed by atoms with van der Waals surface area (Å²) in [5.41, 5.74) is 1.64. The number of rotatable bonds is 5. The number of aryl methyl sites for hydroxylation is 2. The van der Waals surface area contributed by atoms with Gasteiger partial charge in [-0.15, -0.1) is 11.3 Å². The highest BCUT2D eigenvalue weighted by Crippen LogP contribution is 2.31. The summed E-state index contributed by atoms with van der Waals surface area (Å²) in [6.07, 6.45) is 9.63. The summed E-state index contributed by atoms with van der Waals surface area (Å²) in [5.74, 6) is 1.70. The van der Waals surface area contributed by atoms with Crippen molar-refractivity contribution in [3.63, 3.8) is 0 Å². The van der Waals surface area contributed by atoms with E-state index in [0.717, 1.165) is 35.7 Å². The van der Waals surface area contributed by atoms with Crippen LogP contribution in [-0.2, 0) is 4.79 Å². The van der Waals surface area contributed by atoms with Crippen molar-refractivity contribution in [2.75, 3.05) is 11.9 Å². The summed E-state index contributed by atoms with van der Waals surface area (Å²) in [5, 5.41) is 6.05. The molecule has 0 unspecified atom stereocenters. The van der Waals surface area contributed by atoms with Crippen LogP contribution in [0.4, 0.5) is 11.8 Å². The van der Waals surface area contributed by atoms with Gasteiger partial charge in [0.25, 0.3) is 0 Å². The second kappa shape index (κ2) is 9.08. The Labute approximate surface area is 179 Å². The molecule has 1 N–H and O–H groups in total. The molecule has 0 spiro atoms. The number of hydrogen-bond acceptors (Lipinski definition) is 8. The van der Waals surface area contributed by atoms with Crippen molar-refractivity contribution in [1.29, 1.82) is 0 Å². The molecule has 0 aliphatic carbocycles. The lowest BCUT2D eigenvalue weighted by Gasteiger charge is -2.35. The van der Waals surface area contributed by atoms with Crippen molar-refractivity contribution in [2.24, 2.45) is 0 Å². The fourth-order valence-electron chi connectivity index (χ4n) is 3.52. The van der Waals surface area contributed by atoms with Crippen LogP contribution in [0.1, 0.15) is 47.5 Å². The van der Waals surface area contributed by atoms with Crippen LogP contribution in [0, 0.1) is 13.8 Å². The van der Waals surface area contributed by atoms with E-state index in [2.05, 4.69) is 30.2 Å². The molecule has 0 aromatic carbocycles. The van der Waals surface area contributed by atoms with Gasteiger partial charge in [-0.1, -0.05) is 0 Å². The van der Waals surface area contributed by atoms with Crippen LogP contribution >= 0.6 is 11.3 Å². The van der Waals surface area contributed by atoms with Crippen molar-refractivity contribution < 1.29 is 4.79 Å². The van der Waals surface area contributed by atoms with Gasteiger partial charge in [-0.25, -0.2) is 24.9 Å². The lowest BCUT2D eigenvalue weighted by molar-refractivity contribution is -0.129. The maximum absolute atomic E-state index is 13.0. The van der Waals surface area contributed by atoms with Crippen molar-refractivity contribution >= 4 is 35.1 Å². The van der Waals surface area contributed by atoms with E-state index in [-0.39, 0.29) is 11.9 Å². The zero-order valence-electron chi connectivity index (χ0n) is 16.9. The largest absolute Gasteiger partial charge is 0.331 e. The number of nitrogens with zero attached hydrogens (tertiary/aromatic N) is 6. The van der Waals surface area contributed by atoms with E-state index in [9.17, 15) is 4.79 Å². The SMILES string of the molecule is Cc1nc(Nc2ncccn2)cc([C@@H]2CCCCN2C(=O)/C=C/c2csc(C)n2)n1. The minimum Gasteiger partial charge on any atom is -0.331 e. The maximum Gasteiger partial charge on any atom is 0.247 e. The summed E-state index contributed by atoms with van der Waals surface area (Å²) in [7, 11) is 0. The Balaban J connectivity index is 1.56. The Morgan fingerprint density at radius 3 is 2.80 bits per heavy atom. The van der Waals surface area contributed by atoms with Gasteiger partial charge in [-0.05, 0) is 45.3 Å². The Bertz CT molecular complexity index is 1050. The number of hydrogen-bond donors (Lipinski definition) is 1. The summed E-state index contributed by atoms with van der Waals surface area (Å²) in [6, 6.07) is 3.55. The number of thiazole rings is 1. The molecule has 1 aliphatic heterocycles. The van der Waals surface area contributed by atoms with Gasteiger partial charge in [0.15, 0.2) is 0 Å². The van der Waals surface area contributed by atoms with Crippen LogP contribution in [0.15, 0.2) is 36.0 Å². The fraction of sp³-hybridized carbons (Fsp3) is 0.333. The standard InChI is InChI=1S/C21H23N7OS/c1-14-24-17(12-19(25-14)27-21-22-9-5-10-23-21)18-6-3-4-11-28(18)20(29)8-7-16-13-30-15(2)26-16/h5,7-10,12-13,18H,3-4,6,11H2,1-2H3,(H,22,23,24,25,27)/b8-7+/t18-/m0/s1. The summed E-state index contributed by atoms with van der Waals surface area (Å²) < 4.78 is 0. The highest BCUT2D eigenvalue weighted by atomic mass is 32.1. The molecule has 1 saturated heterocycles. The van der Waals surface area contributed by atoms with Gasteiger partial charge in [0.05, 0.1) is 22.4 Å². The van der Waals surface area contributed by atoms with Gasteiger partial charge in [0.1, 0.15) is 11.6 Å². The number of aromatic nitrogens is 5. The Hall–Kier alpha value is -3.20. The van der Waals surface area contributed by atoms with Crippen LogP contribution in [0.2, 0.25) is 0 Å². The van der Waals surface area contributed by atoms with E-state index in [4.69, 9.17) is 0 Å². The third-order valence-electron chi connectivity index (χ3n) is 4.82. The Kier molecular flexibility index (Phi) is 6.08. The lowest BCUT2D eigenvalue weighted by atomic mass is 9.98. The maximum atomic E-state index is 13.0. The van der Waals surface area contributed by atoms with E-state index >= 15 is 0 Å². The monoisotopic (exact) mass is 421 g/mol. The molecule has 1 aliphatic rings. The number of anilines is 2. The minimum absolute atomic E-state index is 0.0254. The van der Waals surface area contributed by atoms with Crippen LogP contribution < -0.4 is 5.32 Å². The van der Waals surface area contributed by atoms with Gasteiger partial charge in [0.2, 0.25) is 11.9 Å². The topological polar surface area (TPSA) is 96.8 Å². The van der Waals surface area contributed by atoms with E-state index in [1.165, 1.54) is 0 Å². The number of amides is 1. The van der Waals surface area contributed by atoms with Gasteiger partial charge < -0.3 is 10.2 Å². The molecule has 4 rings (SSSR count). The Morgan fingerprint density at radius 2 is 2.03 bits per heavy atom. The van der Waals surface area contributed by atoms with Crippen LogP contribution in [0.3, 0.4) is 0 Å². The lowest BCUT2D eigenvalue weighted by Crippen LogP contribution is -2.38. The molecule has 3 aromatic rings. The first-order valence-corrected chi connectivity index (χ1v) is 10.8. The second-order valence-corrected chi connectivity index (χ2v) is 8.15. The van der Waals surface area contributed by atoms with E-state index in [1.54, 1.807) is 41.9 Å². The number of nitrogens with one attached hydrogen (secondary N) is 1. The molecule has 30 heavy (non-hydrogen) atoms. The van der Waals surface area contributed by atoms with Crippen LogP contribution in [-0.4, -0.2) is 42.3 Å². The average Bonchev–Trinajstić information content (AvgIpc) is 3.17. The van der Waals surface area contributed by atoms with Gasteiger partial charge >= 0.3 is 0 Å². The average molecular weight is 422 g/mol. The first-order chi connectivity index (χ1) is 14.6. The smallest absolute Gasteiger partial charge is 0.247 e. The van der Waals surface area contributed by atoms with Crippen LogP contribution in [0.25, 0.3) is 6.08 Å². The van der Waals surface area contributed by atoms with Gasteiger partial charge in [-0.2, -0.15) is 0 Å². The molecule has 9 heteroatoms. The first kappa shape index (κ1) is 20.1. The van der Waals surface area contributed by atoms with E-state index in [1.807, 2.05) is 30.2 Å². The molecular formula is C21H23N7OS. The van der Waals surface area contributed by atoms with Crippen molar-refractivity contribution in [3.8, 4) is 0 Å². The normalized spacial score (nSPS) is 16.7. The third-order valence-corrected chi connectivity index (χ3v) is 5.62. The summed E-state index contributed by atoms with van der Waals surface area (Å²) >= 11 is 1.57. The molecule has 1 atom stereocenters. The third kappa shape index (κ3) is 4.85. The van der Waals surface area contributed by atoms with E-state index < -0.39 is 0 Å². The highest BCUT2D eigenvalue weighted by Gasteiger charge is 2.28. The van der Waals surface area contributed by atoms with Crippen molar-refractivity contribution in [2.45, 2.75) is 39.2 Å². The summed E-state index contributed by atoms with van der Waals surface area (Å²) in [4.78, 5) is 36.7. The fourth-order valence-corrected chi connectivity index (χ4v) is 4.10. The van der Waals surface area contributed by atoms with Gasteiger partial charge in [-0.3, -0.25) is 4.79 Å². The first-order valence-electron chi connectivity index (χ1n) is 9.89. The molecule has 0 bridgehead atoms. The van der Waals surface area contributed by atoms with Crippen molar-refractivity contribution in [1.82, 2.24) is 29.8 Å². The zero-order chi connectivity index (χ0) is 20.9. The molecule has 3 aromatic heterocycles. The molecule has 0 saturated carbocycles. The number of carbonyl (C=O) groups is 1. The van der Waals surface area contributed by atoms with Crippen molar-refractivity contribution in [3.05, 3.63) is 58.2 Å². The summed E-state index contributed by atoms with van der Waals surface area (Å²) in [6.45, 7) is 4.51. The molecule has 4 heterocycles. The molecule has 8 nitrogen and oxygen atoms in total. The molecule has 0 radical (unpaired) electrons. The molecule has 1 fully saturated rings. The highest BCUT2D eigenvalue weighted by molar-refractivity contribution is 7.09. The Morgan fingerprint density at radius 1 is 1.20 bits per heavy atom. The predicted molar refractivity (Wildman–Crippen MR) is 116 cm³/mol. The second-order valence-electron chi connectivity index (χ2n) is 7.09. The number of piperidine rings is 1. The van der Waals surface area contributed by atoms with E-state index in [0.29, 0.717) is 24.1 Å². The predicted octanol–water partition coefficient (Wildman–Crippen LogP) is 3.85. The zero-order valence-corrected chi connectivity index (χ0v) is 17.8. The minimum atomic E-state index is -0.0907. The van der Waals surface area contributed by atoms with Crippen LogP contribution in [0.5, 0.6) is 0 Å². The molecular weight excluding hydrogens is 398 g/mol. The molecule has 1 amide bonds. The quantitative estimate of drug-likeness (QED) is 0.625. The molecule has 154 valence electrons. The number of likely N-dealkylation sites (tertiary alicyclic amines) is 1. The van der Waals surface area contributed by atoms with Gasteiger partial charge in [0, 0.05) is 36.5 Å². The number of carbonyl (C=O) groups excluding carboxylic acids is 1.